The van der Waals surface area contributed by atoms with Gasteiger partial charge in [-0.3, -0.25) is 9.36 Å². The Kier molecular flexibility index (Phi) is 6.67. The van der Waals surface area contributed by atoms with E-state index in [-0.39, 0.29) is 11.6 Å². The van der Waals surface area contributed by atoms with E-state index in [9.17, 15) is 4.79 Å². The van der Waals surface area contributed by atoms with Crippen LogP contribution in [-0.4, -0.2) is 25.4 Å². The van der Waals surface area contributed by atoms with Crippen molar-refractivity contribution in [2.75, 3.05) is 20.8 Å². The number of nitrogens with zero attached hydrogens (tertiary/aromatic N) is 2. The topological polar surface area (TPSA) is 62.0 Å². The number of benzene rings is 3. The summed E-state index contributed by atoms with van der Waals surface area (Å²) in [5, 5.41) is 0. The SMILES string of the molecule is C=CCOc1ccc(/C=c2\sc3n(c2=O)[C@H](c2cccc(OC)c2)C2=C(N=3)c3ccccc3CC2)cc1OC. The summed E-state index contributed by atoms with van der Waals surface area (Å²) in [5.74, 6) is 1.98. The van der Waals surface area contributed by atoms with Gasteiger partial charge in [-0.2, -0.15) is 0 Å². The first-order valence-electron chi connectivity index (χ1n) is 12.8. The molecule has 3 aromatic carbocycles. The van der Waals surface area contributed by atoms with Crippen molar-refractivity contribution in [2.45, 2.75) is 18.9 Å². The highest BCUT2D eigenvalue weighted by Gasteiger charge is 2.32. The molecule has 7 heteroatoms. The van der Waals surface area contributed by atoms with E-state index in [1.807, 2.05) is 47.0 Å². The van der Waals surface area contributed by atoms with Gasteiger partial charge in [-0.1, -0.05) is 66.5 Å². The van der Waals surface area contributed by atoms with Crippen molar-refractivity contribution in [1.82, 2.24) is 4.57 Å². The van der Waals surface area contributed by atoms with Crippen LogP contribution in [0, 0.1) is 0 Å². The van der Waals surface area contributed by atoms with E-state index in [1.54, 1.807) is 20.3 Å². The maximum atomic E-state index is 14.0. The lowest BCUT2D eigenvalue weighted by Gasteiger charge is -2.31. The molecule has 6 nitrogen and oxygen atoms in total. The fourth-order valence-electron chi connectivity index (χ4n) is 5.33. The highest BCUT2D eigenvalue weighted by molar-refractivity contribution is 7.07. The van der Waals surface area contributed by atoms with Crippen molar-refractivity contribution in [3.63, 3.8) is 0 Å². The molecule has 0 saturated heterocycles. The van der Waals surface area contributed by atoms with Gasteiger partial charge < -0.3 is 14.2 Å². The number of fused-ring (bicyclic) bond motifs is 3. The minimum atomic E-state index is -0.258. The lowest BCUT2D eigenvalue weighted by atomic mass is 9.83. The molecule has 39 heavy (non-hydrogen) atoms. The summed E-state index contributed by atoms with van der Waals surface area (Å²) < 4.78 is 19.2. The van der Waals surface area contributed by atoms with Crippen LogP contribution < -0.4 is 29.1 Å². The van der Waals surface area contributed by atoms with E-state index in [0.717, 1.165) is 46.6 Å². The minimum Gasteiger partial charge on any atom is -0.497 e. The first kappa shape index (κ1) is 24.9. The summed E-state index contributed by atoms with van der Waals surface area (Å²) in [4.78, 5) is 19.8. The second-order valence-electron chi connectivity index (χ2n) is 9.40. The van der Waals surface area contributed by atoms with E-state index in [1.165, 1.54) is 16.9 Å². The van der Waals surface area contributed by atoms with Gasteiger partial charge in [-0.25, -0.2) is 4.99 Å². The molecule has 0 N–H and O–H groups in total. The maximum Gasteiger partial charge on any atom is 0.271 e. The summed E-state index contributed by atoms with van der Waals surface area (Å²) in [5.41, 5.74) is 6.35. The number of thiazole rings is 1. The number of allylic oxidation sites excluding steroid dienone is 1. The zero-order valence-corrected chi connectivity index (χ0v) is 22.7. The highest BCUT2D eigenvalue weighted by atomic mass is 32.1. The molecule has 0 bridgehead atoms. The fourth-order valence-corrected chi connectivity index (χ4v) is 6.33. The molecule has 0 spiro atoms. The molecule has 1 aliphatic heterocycles. The summed E-state index contributed by atoms with van der Waals surface area (Å²) in [6.45, 7) is 4.08. The Bertz CT molecular complexity index is 1800. The van der Waals surface area contributed by atoms with Crippen LogP contribution in [0.3, 0.4) is 0 Å². The quantitative estimate of drug-likeness (QED) is 0.315. The third kappa shape index (κ3) is 4.49. The van der Waals surface area contributed by atoms with Crippen LogP contribution in [-0.2, 0) is 6.42 Å². The fraction of sp³-hybridized carbons (Fsp3) is 0.188. The lowest BCUT2D eigenvalue weighted by molar-refractivity contribution is 0.326. The Labute approximate surface area is 230 Å². The largest absolute Gasteiger partial charge is 0.497 e. The van der Waals surface area contributed by atoms with E-state index >= 15 is 0 Å². The molecule has 196 valence electrons. The van der Waals surface area contributed by atoms with Crippen LogP contribution in [0.1, 0.15) is 34.7 Å². The Balaban J connectivity index is 1.54. The molecular weight excluding hydrogens is 508 g/mol. The predicted molar refractivity (Wildman–Crippen MR) is 154 cm³/mol. The number of methoxy groups -OCH3 is 2. The molecular formula is C32H28N2O4S. The zero-order valence-electron chi connectivity index (χ0n) is 21.8. The monoisotopic (exact) mass is 536 g/mol. The van der Waals surface area contributed by atoms with E-state index in [2.05, 4.69) is 36.9 Å². The first-order valence-corrected chi connectivity index (χ1v) is 13.6. The number of ether oxygens (including phenoxy) is 3. The molecule has 2 heterocycles. The van der Waals surface area contributed by atoms with E-state index in [0.29, 0.717) is 27.4 Å². The standard InChI is InChI=1S/C32H28N2O4S/c1-4-16-38-26-15-12-20(17-27(26)37-3)18-28-31(35)34-30(22-9-7-10-23(19-22)36-2)25-14-13-21-8-5-6-11-24(21)29(25)33-32(34)39-28/h4-12,15,17-19,30H,1,13-14,16H2,2-3H3/b28-18-/t30-/m1/s1. The lowest BCUT2D eigenvalue weighted by Crippen LogP contribution is -2.38. The number of rotatable bonds is 7. The summed E-state index contributed by atoms with van der Waals surface area (Å²) in [7, 11) is 3.26. The third-order valence-electron chi connectivity index (χ3n) is 7.12. The summed E-state index contributed by atoms with van der Waals surface area (Å²) >= 11 is 1.40. The van der Waals surface area contributed by atoms with Crippen molar-refractivity contribution >= 4 is 23.1 Å². The van der Waals surface area contributed by atoms with Crippen LogP contribution in [0.2, 0.25) is 0 Å². The molecule has 4 aromatic rings. The van der Waals surface area contributed by atoms with E-state index in [4.69, 9.17) is 19.2 Å². The smallest absolute Gasteiger partial charge is 0.271 e. The third-order valence-corrected chi connectivity index (χ3v) is 8.11. The van der Waals surface area contributed by atoms with Gasteiger partial charge in [0.25, 0.3) is 5.56 Å². The van der Waals surface area contributed by atoms with Gasteiger partial charge in [-0.15, -0.1) is 0 Å². The molecule has 0 unspecified atom stereocenters. The van der Waals surface area contributed by atoms with Gasteiger partial charge in [0.1, 0.15) is 12.4 Å². The Hall–Kier alpha value is -4.36. The van der Waals surface area contributed by atoms with Crippen LogP contribution in [0.15, 0.2) is 94.7 Å². The molecule has 1 aromatic heterocycles. The van der Waals surface area contributed by atoms with Gasteiger partial charge >= 0.3 is 0 Å². The van der Waals surface area contributed by atoms with Crippen molar-refractivity contribution in [3.05, 3.63) is 127 Å². The second-order valence-corrected chi connectivity index (χ2v) is 10.4. The zero-order chi connectivity index (χ0) is 26.9. The molecule has 1 atom stereocenters. The van der Waals surface area contributed by atoms with Crippen LogP contribution in [0.5, 0.6) is 17.2 Å². The molecule has 2 aliphatic rings. The van der Waals surface area contributed by atoms with Crippen LogP contribution in [0.4, 0.5) is 0 Å². The number of aromatic nitrogens is 1. The minimum absolute atomic E-state index is 0.0667. The van der Waals surface area contributed by atoms with E-state index < -0.39 is 0 Å². The Morgan fingerprint density at radius 1 is 1.03 bits per heavy atom. The number of hydrogen-bond donors (Lipinski definition) is 0. The first-order chi connectivity index (χ1) is 19.1. The average Bonchev–Trinajstić information content (AvgIpc) is 3.29. The van der Waals surface area contributed by atoms with Gasteiger partial charge in [0.15, 0.2) is 16.3 Å². The number of hydrogen-bond acceptors (Lipinski definition) is 6. The molecule has 6 rings (SSSR count). The van der Waals surface area contributed by atoms with Gasteiger partial charge in [0.2, 0.25) is 0 Å². The second kappa shape index (κ2) is 10.4. The normalized spacial score (nSPS) is 16.1. The van der Waals surface area contributed by atoms with Crippen molar-refractivity contribution < 1.29 is 14.2 Å². The van der Waals surface area contributed by atoms with Gasteiger partial charge in [0, 0.05) is 5.56 Å². The van der Waals surface area contributed by atoms with Crippen LogP contribution in [0.25, 0.3) is 11.8 Å². The van der Waals surface area contributed by atoms with Crippen molar-refractivity contribution in [3.8, 4) is 17.2 Å². The molecule has 0 radical (unpaired) electrons. The Morgan fingerprint density at radius 3 is 2.72 bits per heavy atom. The molecule has 1 aliphatic carbocycles. The highest BCUT2D eigenvalue weighted by Crippen LogP contribution is 2.41. The summed E-state index contributed by atoms with van der Waals surface area (Å²) in [6, 6.07) is 21.8. The predicted octanol–water partition coefficient (Wildman–Crippen LogP) is 4.90. The van der Waals surface area contributed by atoms with Crippen molar-refractivity contribution in [2.24, 2.45) is 4.99 Å². The van der Waals surface area contributed by atoms with Gasteiger partial charge in [0.05, 0.1) is 30.5 Å². The number of aryl methyl sites for hydroxylation is 1. The Morgan fingerprint density at radius 2 is 1.90 bits per heavy atom. The van der Waals surface area contributed by atoms with Gasteiger partial charge in [-0.05, 0) is 65.4 Å². The molecule has 0 fully saturated rings. The maximum absolute atomic E-state index is 14.0. The summed E-state index contributed by atoms with van der Waals surface area (Å²) in [6.07, 6.45) is 5.33. The average molecular weight is 537 g/mol. The van der Waals surface area contributed by atoms with Crippen molar-refractivity contribution in [1.29, 1.82) is 0 Å². The molecule has 0 amide bonds. The van der Waals surface area contributed by atoms with Crippen LogP contribution >= 0.6 is 11.3 Å². The molecule has 0 saturated carbocycles.